The van der Waals surface area contributed by atoms with Crippen molar-refractivity contribution in [2.24, 2.45) is 11.7 Å². The lowest BCUT2D eigenvalue weighted by Gasteiger charge is -2.47. The van der Waals surface area contributed by atoms with Crippen LogP contribution in [-0.2, 0) is 0 Å². The van der Waals surface area contributed by atoms with Gasteiger partial charge in [0.15, 0.2) is 0 Å². The van der Waals surface area contributed by atoms with E-state index in [-0.39, 0.29) is 0 Å². The number of nitrogens with zero attached hydrogens (tertiary/aromatic N) is 1. The highest BCUT2D eigenvalue weighted by molar-refractivity contribution is 4.94. The average Bonchev–Trinajstić information content (AvgIpc) is 2.28. The first-order chi connectivity index (χ1) is 7.52. The van der Waals surface area contributed by atoms with Crippen LogP contribution in [0, 0.1) is 5.92 Å². The van der Waals surface area contributed by atoms with Gasteiger partial charge in [-0.15, -0.1) is 0 Å². The minimum Gasteiger partial charge on any atom is -0.329 e. The largest absolute Gasteiger partial charge is 0.329 e. The molecule has 0 bridgehead atoms. The first-order valence-corrected chi connectivity index (χ1v) is 6.95. The molecule has 0 aliphatic heterocycles. The molecule has 1 aliphatic rings. The van der Waals surface area contributed by atoms with Gasteiger partial charge in [-0.25, -0.2) is 0 Å². The summed E-state index contributed by atoms with van der Waals surface area (Å²) < 4.78 is 0. The van der Waals surface area contributed by atoms with E-state index in [0.29, 0.717) is 11.6 Å². The van der Waals surface area contributed by atoms with E-state index in [1.54, 1.807) is 0 Å². The monoisotopic (exact) mass is 226 g/mol. The van der Waals surface area contributed by atoms with Crippen molar-refractivity contribution < 1.29 is 0 Å². The third-order valence-corrected chi connectivity index (χ3v) is 4.39. The standard InChI is InChI=1S/C14H30N2/c1-12(2)10-13(3)16(4)14(11-15)8-6-5-7-9-14/h12-13H,5-11,15H2,1-4H3. The zero-order chi connectivity index (χ0) is 12.2. The maximum Gasteiger partial charge on any atom is 0.0331 e. The van der Waals surface area contributed by atoms with Crippen LogP contribution < -0.4 is 5.73 Å². The summed E-state index contributed by atoms with van der Waals surface area (Å²) in [6, 6.07) is 0.654. The molecule has 0 spiro atoms. The minimum atomic E-state index is 0.298. The Morgan fingerprint density at radius 3 is 2.12 bits per heavy atom. The predicted molar refractivity (Wildman–Crippen MR) is 71.6 cm³/mol. The maximum absolute atomic E-state index is 6.07. The molecule has 0 saturated heterocycles. The quantitative estimate of drug-likeness (QED) is 0.781. The second kappa shape index (κ2) is 6.02. The van der Waals surface area contributed by atoms with Gasteiger partial charge < -0.3 is 5.73 Å². The van der Waals surface area contributed by atoms with E-state index in [4.69, 9.17) is 5.73 Å². The van der Waals surface area contributed by atoms with E-state index in [1.807, 2.05) is 0 Å². The molecule has 2 N–H and O–H groups in total. The van der Waals surface area contributed by atoms with Gasteiger partial charge in [0.2, 0.25) is 0 Å². The molecule has 0 radical (unpaired) electrons. The van der Waals surface area contributed by atoms with E-state index < -0.39 is 0 Å². The van der Waals surface area contributed by atoms with Crippen LogP contribution in [0.25, 0.3) is 0 Å². The zero-order valence-electron chi connectivity index (χ0n) is 11.6. The summed E-state index contributed by atoms with van der Waals surface area (Å²) in [5, 5.41) is 0. The molecule has 1 atom stereocenters. The van der Waals surface area contributed by atoms with Crippen LogP contribution in [-0.4, -0.2) is 30.1 Å². The van der Waals surface area contributed by atoms with E-state index >= 15 is 0 Å². The Morgan fingerprint density at radius 1 is 1.12 bits per heavy atom. The molecule has 0 aromatic carbocycles. The Kier molecular flexibility index (Phi) is 5.26. The van der Waals surface area contributed by atoms with Crippen LogP contribution in [0.1, 0.15) is 59.3 Å². The number of hydrogen-bond donors (Lipinski definition) is 1. The SMILES string of the molecule is CC(C)CC(C)N(C)C1(CN)CCCCC1. The molecule has 1 aliphatic carbocycles. The first kappa shape index (κ1) is 14.0. The normalized spacial score (nSPS) is 22.7. The summed E-state index contributed by atoms with van der Waals surface area (Å²) in [6.45, 7) is 7.79. The number of hydrogen-bond acceptors (Lipinski definition) is 2. The van der Waals surface area contributed by atoms with Crippen molar-refractivity contribution in [1.82, 2.24) is 4.90 Å². The Hall–Kier alpha value is -0.0800. The fourth-order valence-electron chi connectivity index (χ4n) is 3.22. The molecule has 2 nitrogen and oxygen atoms in total. The molecule has 0 amide bonds. The van der Waals surface area contributed by atoms with Gasteiger partial charge >= 0.3 is 0 Å². The Labute approximate surface area is 102 Å². The second-order valence-electron chi connectivity index (χ2n) is 6.08. The van der Waals surface area contributed by atoms with Gasteiger partial charge in [-0.2, -0.15) is 0 Å². The van der Waals surface area contributed by atoms with Crippen LogP contribution in [0.15, 0.2) is 0 Å². The van der Waals surface area contributed by atoms with Crippen molar-refractivity contribution in [1.29, 1.82) is 0 Å². The second-order valence-corrected chi connectivity index (χ2v) is 6.08. The van der Waals surface area contributed by atoms with Gasteiger partial charge in [0.1, 0.15) is 0 Å². The summed E-state index contributed by atoms with van der Waals surface area (Å²) in [5.74, 6) is 0.774. The maximum atomic E-state index is 6.07. The summed E-state index contributed by atoms with van der Waals surface area (Å²) in [5.41, 5.74) is 6.36. The lowest BCUT2D eigenvalue weighted by molar-refractivity contribution is 0.0421. The van der Waals surface area contributed by atoms with Gasteiger partial charge in [0.05, 0.1) is 0 Å². The molecule has 16 heavy (non-hydrogen) atoms. The molecule has 96 valence electrons. The fraction of sp³-hybridized carbons (Fsp3) is 1.00. The molecule has 1 saturated carbocycles. The molecule has 1 unspecified atom stereocenters. The van der Waals surface area contributed by atoms with Gasteiger partial charge in [-0.05, 0) is 39.2 Å². The topological polar surface area (TPSA) is 29.3 Å². The van der Waals surface area contributed by atoms with Crippen molar-refractivity contribution in [2.75, 3.05) is 13.6 Å². The number of rotatable bonds is 5. The van der Waals surface area contributed by atoms with Crippen molar-refractivity contribution in [3.8, 4) is 0 Å². The molecule has 0 aromatic heterocycles. The Bertz CT molecular complexity index is 195. The lowest BCUT2D eigenvalue weighted by atomic mass is 9.79. The zero-order valence-corrected chi connectivity index (χ0v) is 11.6. The van der Waals surface area contributed by atoms with Crippen LogP contribution in [0.3, 0.4) is 0 Å². The van der Waals surface area contributed by atoms with Crippen molar-refractivity contribution in [2.45, 2.75) is 70.9 Å². The number of likely N-dealkylation sites (N-methyl/N-ethyl adjacent to an activating group) is 1. The summed E-state index contributed by atoms with van der Waals surface area (Å²) in [7, 11) is 2.28. The highest BCUT2D eigenvalue weighted by Gasteiger charge is 2.36. The molecule has 1 rings (SSSR count). The Balaban J connectivity index is 2.63. The highest BCUT2D eigenvalue weighted by Crippen LogP contribution is 2.34. The van der Waals surface area contributed by atoms with Gasteiger partial charge in [0.25, 0.3) is 0 Å². The summed E-state index contributed by atoms with van der Waals surface area (Å²) in [4.78, 5) is 2.58. The van der Waals surface area contributed by atoms with E-state index in [1.165, 1.54) is 38.5 Å². The Morgan fingerprint density at radius 2 is 1.69 bits per heavy atom. The van der Waals surface area contributed by atoms with Crippen molar-refractivity contribution >= 4 is 0 Å². The molecule has 2 heteroatoms. The van der Waals surface area contributed by atoms with Gasteiger partial charge in [-0.1, -0.05) is 33.1 Å². The third kappa shape index (κ3) is 3.21. The van der Waals surface area contributed by atoms with E-state index in [0.717, 1.165) is 12.5 Å². The molecule has 0 heterocycles. The highest BCUT2D eigenvalue weighted by atomic mass is 15.2. The average molecular weight is 226 g/mol. The van der Waals surface area contributed by atoms with Crippen LogP contribution in [0.2, 0.25) is 0 Å². The lowest BCUT2D eigenvalue weighted by Crippen LogP contribution is -2.56. The van der Waals surface area contributed by atoms with Crippen LogP contribution >= 0.6 is 0 Å². The summed E-state index contributed by atoms with van der Waals surface area (Å²) >= 11 is 0. The van der Waals surface area contributed by atoms with Crippen molar-refractivity contribution in [3.63, 3.8) is 0 Å². The smallest absolute Gasteiger partial charge is 0.0331 e. The van der Waals surface area contributed by atoms with Gasteiger partial charge in [0, 0.05) is 18.1 Å². The molecule has 1 fully saturated rings. The fourth-order valence-corrected chi connectivity index (χ4v) is 3.22. The third-order valence-electron chi connectivity index (χ3n) is 4.39. The molecular weight excluding hydrogens is 196 g/mol. The van der Waals surface area contributed by atoms with E-state index in [2.05, 4.69) is 32.7 Å². The molecular formula is C14H30N2. The van der Waals surface area contributed by atoms with Gasteiger partial charge in [-0.3, -0.25) is 4.90 Å². The number of nitrogens with two attached hydrogens (primary N) is 1. The van der Waals surface area contributed by atoms with Crippen LogP contribution in [0.4, 0.5) is 0 Å². The first-order valence-electron chi connectivity index (χ1n) is 6.95. The summed E-state index contributed by atoms with van der Waals surface area (Å²) in [6.07, 6.45) is 7.98. The minimum absolute atomic E-state index is 0.298. The predicted octanol–water partition coefficient (Wildman–Crippen LogP) is 3.01. The van der Waals surface area contributed by atoms with E-state index in [9.17, 15) is 0 Å². The van der Waals surface area contributed by atoms with Crippen molar-refractivity contribution in [3.05, 3.63) is 0 Å². The van der Waals surface area contributed by atoms with Crippen LogP contribution in [0.5, 0.6) is 0 Å². The molecule has 0 aromatic rings.